The van der Waals surface area contributed by atoms with E-state index in [-0.39, 0.29) is 11.9 Å². The summed E-state index contributed by atoms with van der Waals surface area (Å²) in [7, 11) is 0. The number of nitrogens with one attached hydrogen (secondary N) is 1. The first-order valence-corrected chi connectivity index (χ1v) is 6.97. The van der Waals surface area contributed by atoms with E-state index in [1.54, 1.807) is 38.1 Å². The summed E-state index contributed by atoms with van der Waals surface area (Å²) in [6.45, 7) is 3.87. The number of amides is 1. The highest BCUT2D eigenvalue weighted by Crippen LogP contribution is 2.27. The summed E-state index contributed by atoms with van der Waals surface area (Å²) in [5.74, 6) is -0.584. The van der Waals surface area contributed by atoms with Crippen molar-refractivity contribution in [2.24, 2.45) is 0 Å². The summed E-state index contributed by atoms with van der Waals surface area (Å²) in [4.78, 5) is 27.4. The highest BCUT2D eigenvalue weighted by molar-refractivity contribution is 7.22. The number of fused-ring (bicyclic) bond motifs is 1. The normalized spacial score (nSPS) is 10.9. The molecule has 0 saturated heterocycles. The van der Waals surface area contributed by atoms with Crippen LogP contribution in [-0.2, 0) is 9.53 Å². The van der Waals surface area contributed by atoms with E-state index < -0.39 is 0 Å². The number of carbonyl (C=O) groups is 2. The van der Waals surface area contributed by atoms with E-state index in [4.69, 9.17) is 4.74 Å². The molecular weight excluding hydrogens is 276 g/mol. The van der Waals surface area contributed by atoms with Crippen LogP contribution in [0.1, 0.15) is 24.2 Å². The molecule has 6 heteroatoms. The van der Waals surface area contributed by atoms with E-state index in [0.717, 1.165) is 10.2 Å². The average molecular weight is 290 g/mol. The van der Waals surface area contributed by atoms with Crippen molar-refractivity contribution in [3.63, 3.8) is 0 Å². The van der Waals surface area contributed by atoms with Crippen molar-refractivity contribution in [1.82, 2.24) is 4.98 Å². The van der Waals surface area contributed by atoms with Crippen LogP contribution in [-0.4, -0.2) is 23.5 Å². The molecule has 1 aromatic carbocycles. The van der Waals surface area contributed by atoms with Gasteiger partial charge in [-0.3, -0.25) is 10.1 Å². The number of hydrogen-bond acceptors (Lipinski definition) is 5. The molecule has 20 heavy (non-hydrogen) atoms. The Balaban J connectivity index is 2.25. The molecule has 2 aromatic rings. The SMILES string of the molecule is C/C=C/C(=O)Nc1nc2ccc(C(=O)OCC)cc2s1. The van der Waals surface area contributed by atoms with Gasteiger partial charge in [-0.25, -0.2) is 9.78 Å². The van der Waals surface area contributed by atoms with Gasteiger partial charge in [0.25, 0.3) is 0 Å². The van der Waals surface area contributed by atoms with Crippen LogP contribution in [0, 0.1) is 0 Å². The molecule has 104 valence electrons. The van der Waals surface area contributed by atoms with Crippen molar-refractivity contribution in [2.45, 2.75) is 13.8 Å². The predicted molar refractivity (Wildman–Crippen MR) is 79.0 cm³/mol. The second kappa shape index (κ2) is 6.29. The summed E-state index contributed by atoms with van der Waals surface area (Å²) >= 11 is 1.32. The Morgan fingerprint density at radius 2 is 2.25 bits per heavy atom. The Kier molecular flexibility index (Phi) is 4.47. The van der Waals surface area contributed by atoms with Gasteiger partial charge in [0, 0.05) is 0 Å². The summed E-state index contributed by atoms with van der Waals surface area (Å²) in [5, 5.41) is 3.18. The van der Waals surface area contributed by atoms with Crippen molar-refractivity contribution in [3.05, 3.63) is 35.9 Å². The molecule has 0 aliphatic rings. The molecule has 0 aliphatic carbocycles. The molecule has 0 aliphatic heterocycles. The molecule has 1 heterocycles. The van der Waals surface area contributed by atoms with Crippen LogP contribution in [0.4, 0.5) is 5.13 Å². The van der Waals surface area contributed by atoms with Crippen molar-refractivity contribution in [1.29, 1.82) is 0 Å². The zero-order valence-corrected chi connectivity index (χ0v) is 12.0. The number of thiazole rings is 1. The second-order valence-corrected chi connectivity index (χ2v) is 4.94. The van der Waals surface area contributed by atoms with E-state index >= 15 is 0 Å². The number of aromatic nitrogens is 1. The molecule has 5 nitrogen and oxygen atoms in total. The lowest BCUT2D eigenvalue weighted by Gasteiger charge is -2.00. The maximum atomic E-state index is 11.6. The zero-order valence-electron chi connectivity index (χ0n) is 11.2. The minimum atomic E-state index is -0.359. The lowest BCUT2D eigenvalue weighted by Crippen LogP contribution is -2.06. The Hall–Kier alpha value is -2.21. The smallest absolute Gasteiger partial charge is 0.338 e. The lowest BCUT2D eigenvalue weighted by molar-refractivity contribution is -0.111. The van der Waals surface area contributed by atoms with E-state index in [1.165, 1.54) is 17.4 Å². The molecule has 0 unspecified atom stereocenters. The molecule has 0 fully saturated rings. The summed E-state index contributed by atoms with van der Waals surface area (Å²) in [6, 6.07) is 5.12. The molecule has 1 amide bonds. The molecule has 0 radical (unpaired) electrons. The van der Waals surface area contributed by atoms with Gasteiger partial charge in [-0.1, -0.05) is 17.4 Å². The molecule has 0 atom stereocenters. The van der Waals surface area contributed by atoms with Gasteiger partial charge in [0.2, 0.25) is 5.91 Å². The van der Waals surface area contributed by atoms with E-state index in [0.29, 0.717) is 17.3 Å². The van der Waals surface area contributed by atoms with Crippen LogP contribution >= 0.6 is 11.3 Å². The maximum absolute atomic E-state index is 11.6. The Labute approximate surface area is 120 Å². The first-order valence-electron chi connectivity index (χ1n) is 6.15. The van der Waals surface area contributed by atoms with Crippen LogP contribution in [0.5, 0.6) is 0 Å². The van der Waals surface area contributed by atoms with E-state index in [1.807, 2.05) is 0 Å². The number of benzene rings is 1. The fourth-order valence-electron chi connectivity index (χ4n) is 1.62. The topological polar surface area (TPSA) is 68.3 Å². The first kappa shape index (κ1) is 14.2. The fraction of sp³-hybridized carbons (Fsp3) is 0.214. The number of anilines is 1. The van der Waals surface area contributed by atoms with E-state index in [2.05, 4.69) is 10.3 Å². The Bertz CT molecular complexity index is 676. The third kappa shape index (κ3) is 3.21. The zero-order chi connectivity index (χ0) is 14.5. The highest BCUT2D eigenvalue weighted by atomic mass is 32.1. The van der Waals surface area contributed by atoms with Gasteiger partial charge in [-0.2, -0.15) is 0 Å². The number of ether oxygens (including phenoxy) is 1. The summed E-state index contributed by atoms with van der Waals surface area (Å²) in [5.41, 5.74) is 1.22. The van der Waals surface area contributed by atoms with Gasteiger partial charge < -0.3 is 4.74 Å². The fourth-order valence-corrected chi connectivity index (χ4v) is 2.53. The molecular formula is C14H14N2O3S. The van der Waals surface area contributed by atoms with Gasteiger partial charge in [-0.05, 0) is 38.1 Å². The van der Waals surface area contributed by atoms with Crippen LogP contribution in [0.15, 0.2) is 30.4 Å². The number of allylic oxidation sites excluding steroid dienone is 1. The van der Waals surface area contributed by atoms with E-state index in [9.17, 15) is 9.59 Å². The first-order chi connectivity index (χ1) is 9.63. The summed E-state index contributed by atoms with van der Waals surface area (Å²) < 4.78 is 5.77. The van der Waals surface area contributed by atoms with Crippen molar-refractivity contribution < 1.29 is 14.3 Å². The van der Waals surface area contributed by atoms with Crippen LogP contribution in [0.2, 0.25) is 0 Å². The second-order valence-electron chi connectivity index (χ2n) is 3.91. The lowest BCUT2D eigenvalue weighted by atomic mass is 10.2. The highest BCUT2D eigenvalue weighted by Gasteiger charge is 2.10. The van der Waals surface area contributed by atoms with Gasteiger partial charge >= 0.3 is 5.97 Å². The largest absolute Gasteiger partial charge is 0.462 e. The minimum absolute atomic E-state index is 0.225. The molecule has 1 aromatic heterocycles. The van der Waals surface area contributed by atoms with Crippen molar-refractivity contribution in [3.8, 4) is 0 Å². The standard InChI is InChI=1S/C14H14N2O3S/c1-3-5-12(17)16-14-15-10-7-6-9(8-11(10)20-14)13(18)19-4-2/h3,5-8H,4H2,1-2H3,(H,15,16,17)/b5-3+. The molecule has 0 spiro atoms. The predicted octanol–water partition coefficient (Wildman–Crippen LogP) is 2.99. The van der Waals surface area contributed by atoms with Crippen LogP contribution in [0.25, 0.3) is 10.2 Å². The number of nitrogens with zero attached hydrogens (tertiary/aromatic N) is 1. The maximum Gasteiger partial charge on any atom is 0.338 e. The van der Waals surface area contributed by atoms with Gasteiger partial charge in [0.1, 0.15) is 0 Å². The van der Waals surface area contributed by atoms with Gasteiger partial charge in [-0.15, -0.1) is 0 Å². The van der Waals surface area contributed by atoms with Crippen LogP contribution in [0.3, 0.4) is 0 Å². The quantitative estimate of drug-likeness (QED) is 0.694. The molecule has 2 rings (SSSR count). The van der Waals surface area contributed by atoms with Crippen molar-refractivity contribution in [2.75, 3.05) is 11.9 Å². The number of hydrogen-bond donors (Lipinski definition) is 1. The third-order valence-corrected chi connectivity index (χ3v) is 3.38. The third-order valence-electron chi connectivity index (χ3n) is 2.45. The monoisotopic (exact) mass is 290 g/mol. The summed E-state index contributed by atoms with van der Waals surface area (Å²) in [6.07, 6.45) is 3.08. The number of carbonyl (C=O) groups excluding carboxylic acids is 2. The van der Waals surface area contributed by atoms with Gasteiger partial charge in [0.15, 0.2) is 5.13 Å². The minimum Gasteiger partial charge on any atom is -0.462 e. The Morgan fingerprint density at radius 1 is 1.45 bits per heavy atom. The van der Waals surface area contributed by atoms with Crippen LogP contribution < -0.4 is 5.32 Å². The molecule has 1 N–H and O–H groups in total. The molecule has 0 bridgehead atoms. The van der Waals surface area contributed by atoms with Crippen molar-refractivity contribution >= 4 is 38.6 Å². The number of esters is 1. The van der Waals surface area contributed by atoms with Gasteiger partial charge in [0.05, 0.1) is 22.4 Å². The number of rotatable bonds is 4. The Morgan fingerprint density at radius 3 is 2.95 bits per heavy atom. The molecule has 0 saturated carbocycles. The average Bonchev–Trinajstić information content (AvgIpc) is 2.80.